The van der Waals surface area contributed by atoms with Crippen molar-refractivity contribution >= 4 is 5.78 Å². The van der Waals surface area contributed by atoms with E-state index in [4.69, 9.17) is 0 Å². The molecule has 0 aliphatic rings. The van der Waals surface area contributed by atoms with Crippen LogP contribution in [-0.4, -0.2) is 5.78 Å². The van der Waals surface area contributed by atoms with Crippen molar-refractivity contribution in [2.24, 2.45) is 0 Å². The average molecular weight is 238 g/mol. The second-order valence-corrected chi connectivity index (χ2v) is 4.85. The van der Waals surface area contributed by atoms with Crippen molar-refractivity contribution in [2.75, 3.05) is 0 Å². The van der Waals surface area contributed by atoms with Gasteiger partial charge in [-0.15, -0.1) is 0 Å². The molecule has 0 bridgehead atoms. The van der Waals surface area contributed by atoms with Crippen molar-refractivity contribution in [2.45, 2.75) is 27.7 Å². The first-order valence-corrected chi connectivity index (χ1v) is 6.19. The molecule has 18 heavy (non-hydrogen) atoms. The molecule has 0 radical (unpaired) electrons. The molecular weight excluding hydrogens is 220 g/mol. The van der Waals surface area contributed by atoms with Crippen molar-refractivity contribution in [1.82, 2.24) is 0 Å². The molecule has 0 spiro atoms. The molecular formula is C17H18O. The van der Waals surface area contributed by atoms with Gasteiger partial charge >= 0.3 is 0 Å². The van der Waals surface area contributed by atoms with Gasteiger partial charge in [0.2, 0.25) is 0 Å². The minimum absolute atomic E-state index is 0.117. The maximum Gasteiger partial charge on any atom is 0.159 e. The van der Waals surface area contributed by atoms with Crippen molar-refractivity contribution < 1.29 is 4.79 Å². The number of hydrogen-bond acceptors (Lipinski definition) is 1. The van der Waals surface area contributed by atoms with Gasteiger partial charge in [-0.05, 0) is 61.6 Å². The van der Waals surface area contributed by atoms with Gasteiger partial charge in [-0.1, -0.05) is 30.3 Å². The molecule has 0 saturated carbocycles. The molecule has 0 unspecified atom stereocenters. The van der Waals surface area contributed by atoms with E-state index >= 15 is 0 Å². The highest BCUT2D eigenvalue weighted by atomic mass is 16.1. The van der Waals surface area contributed by atoms with Gasteiger partial charge in [0.1, 0.15) is 0 Å². The van der Waals surface area contributed by atoms with E-state index in [1.165, 1.54) is 22.3 Å². The molecule has 0 amide bonds. The first-order valence-electron chi connectivity index (χ1n) is 6.19. The highest BCUT2D eigenvalue weighted by Crippen LogP contribution is 2.30. The van der Waals surface area contributed by atoms with E-state index in [1.807, 2.05) is 12.1 Å². The van der Waals surface area contributed by atoms with Crippen LogP contribution in [0.4, 0.5) is 0 Å². The number of hydrogen-bond donors (Lipinski definition) is 0. The van der Waals surface area contributed by atoms with Crippen LogP contribution < -0.4 is 0 Å². The van der Waals surface area contributed by atoms with Gasteiger partial charge in [0.25, 0.3) is 0 Å². The van der Waals surface area contributed by atoms with Crippen LogP contribution in [0.25, 0.3) is 11.1 Å². The Balaban J connectivity index is 2.62. The highest BCUT2D eigenvalue weighted by molar-refractivity contribution is 5.95. The van der Waals surface area contributed by atoms with E-state index < -0.39 is 0 Å². The van der Waals surface area contributed by atoms with Crippen LogP contribution in [0.1, 0.15) is 34.0 Å². The predicted octanol–water partition coefficient (Wildman–Crippen LogP) is 4.48. The largest absolute Gasteiger partial charge is 0.295 e. The van der Waals surface area contributed by atoms with Crippen molar-refractivity contribution in [3.8, 4) is 11.1 Å². The number of ketones is 1. The topological polar surface area (TPSA) is 17.1 Å². The summed E-state index contributed by atoms with van der Waals surface area (Å²) in [6.07, 6.45) is 0. The van der Waals surface area contributed by atoms with E-state index in [-0.39, 0.29) is 5.78 Å². The predicted molar refractivity (Wildman–Crippen MR) is 76.1 cm³/mol. The molecule has 2 aromatic rings. The molecule has 2 aromatic carbocycles. The summed E-state index contributed by atoms with van der Waals surface area (Å²) in [5.41, 5.74) is 6.98. The standard InChI is InChI=1S/C17H18O/c1-11-6-5-7-12(2)17(11)16-9-8-15(14(4)18)10-13(16)3/h5-10H,1-4H3. The molecule has 0 aromatic heterocycles. The molecule has 0 N–H and O–H groups in total. The number of aryl methyl sites for hydroxylation is 3. The third kappa shape index (κ3) is 2.21. The maximum absolute atomic E-state index is 11.4. The molecule has 0 heterocycles. The normalized spacial score (nSPS) is 10.4. The van der Waals surface area contributed by atoms with Crippen LogP contribution in [0, 0.1) is 20.8 Å². The van der Waals surface area contributed by atoms with Gasteiger partial charge < -0.3 is 0 Å². The van der Waals surface area contributed by atoms with E-state index in [9.17, 15) is 4.79 Å². The Bertz CT molecular complexity index is 589. The Morgan fingerprint density at radius 2 is 1.50 bits per heavy atom. The van der Waals surface area contributed by atoms with Crippen molar-refractivity contribution in [3.05, 3.63) is 58.7 Å². The zero-order valence-electron chi connectivity index (χ0n) is 11.4. The summed E-state index contributed by atoms with van der Waals surface area (Å²) in [5.74, 6) is 0.117. The van der Waals surface area contributed by atoms with E-state index in [0.29, 0.717) is 0 Å². The van der Waals surface area contributed by atoms with E-state index in [1.54, 1.807) is 6.92 Å². The number of rotatable bonds is 2. The number of Topliss-reactive ketones (excluding diaryl/α,β-unsaturated/α-hetero) is 1. The van der Waals surface area contributed by atoms with Gasteiger partial charge in [0, 0.05) is 5.56 Å². The van der Waals surface area contributed by atoms with Gasteiger partial charge in [0.15, 0.2) is 5.78 Å². The zero-order chi connectivity index (χ0) is 13.3. The molecule has 0 saturated heterocycles. The van der Waals surface area contributed by atoms with Crippen LogP contribution >= 0.6 is 0 Å². The molecule has 1 nitrogen and oxygen atoms in total. The fraction of sp³-hybridized carbons (Fsp3) is 0.235. The van der Waals surface area contributed by atoms with Crippen LogP contribution in [0.3, 0.4) is 0 Å². The quantitative estimate of drug-likeness (QED) is 0.705. The molecule has 0 aliphatic heterocycles. The third-order valence-corrected chi connectivity index (χ3v) is 3.38. The summed E-state index contributed by atoms with van der Waals surface area (Å²) < 4.78 is 0. The number of carbonyl (C=O) groups excluding carboxylic acids is 1. The Hall–Kier alpha value is -1.89. The lowest BCUT2D eigenvalue weighted by atomic mass is 9.91. The van der Waals surface area contributed by atoms with Gasteiger partial charge in [-0.3, -0.25) is 4.79 Å². The fourth-order valence-corrected chi connectivity index (χ4v) is 2.40. The monoisotopic (exact) mass is 238 g/mol. The first kappa shape index (κ1) is 12.6. The molecule has 1 heteroatoms. The van der Waals surface area contributed by atoms with Crippen LogP contribution in [0.5, 0.6) is 0 Å². The van der Waals surface area contributed by atoms with Gasteiger partial charge in [-0.25, -0.2) is 0 Å². The minimum Gasteiger partial charge on any atom is -0.295 e. The van der Waals surface area contributed by atoms with Crippen molar-refractivity contribution in [3.63, 3.8) is 0 Å². The lowest BCUT2D eigenvalue weighted by Gasteiger charge is -2.13. The summed E-state index contributed by atoms with van der Waals surface area (Å²) in [6, 6.07) is 12.3. The second-order valence-electron chi connectivity index (χ2n) is 4.85. The summed E-state index contributed by atoms with van der Waals surface area (Å²) in [5, 5.41) is 0. The SMILES string of the molecule is CC(=O)c1ccc(-c2c(C)cccc2C)c(C)c1. The lowest BCUT2D eigenvalue weighted by Crippen LogP contribution is -1.96. The fourth-order valence-electron chi connectivity index (χ4n) is 2.40. The van der Waals surface area contributed by atoms with Crippen LogP contribution in [0.15, 0.2) is 36.4 Å². The Kier molecular flexibility index (Phi) is 3.33. The van der Waals surface area contributed by atoms with Crippen LogP contribution in [-0.2, 0) is 0 Å². The Morgan fingerprint density at radius 1 is 0.889 bits per heavy atom. The zero-order valence-corrected chi connectivity index (χ0v) is 11.4. The molecule has 0 atom stereocenters. The molecule has 0 aliphatic carbocycles. The smallest absolute Gasteiger partial charge is 0.159 e. The van der Waals surface area contributed by atoms with E-state index in [0.717, 1.165) is 11.1 Å². The highest BCUT2D eigenvalue weighted by Gasteiger charge is 2.09. The van der Waals surface area contributed by atoms with Crippen molar-refractivity contribution in [1.29, 1.82) is 0 Å². The van der Waals surface area contributed by atoms with Crippen LogP contribution in [0.2, 0.25) is 0 Å². The van der Waals surface area contributed by atoms with E-state index in [2.05, 4.69) is 45.0 Å². The lowest BCUT2D eigenvalue weighted by molar-refractivity contribution is 0.101. The first-order chi connectivity index (χ1) is 8.50. The van der Waals surface area contributed by atoms with Gasteiger partial charge in [-0.2, -0.15) is 0 Å². The summed E-state index contributed by atoms with van der Waals surface area (Å²) in [7, 11) is 0. The number of benzene rings is 2. The molecule has 0 fully saturated rings. The Labute approximate surface area is 108 Å². The Morgan fingerprint density at radius 3 is 2.00 bits per heavy atom. The average Bonchev–Trinajstić information content (AvgIpc) is 2.30. The number of carbonyl (C=O) groups is 1. The molecule has 2 rings (SSSR count). The summed E-state index contributed by atoms with van der Waals surface area (Å²) in [6.45, 7) is 7.92. The third-order valence-electron chi connectivity index (χ3n) is 3.38. The van der Waals surface area contributed by atoms with Gasteiger partial charge in [0.05, 0.1) is 0 Å². The molecule has 92 valence electrons. The maximum atomic E-state index is 11.4. The summed E-state index contributed by atoms with van der Waals surface area (Å²) >= 11 is 0. The summed E-state index contributed by atoms with van der Waals surface area (Å²) in [4.78, 5) is 11.4. The minimum atomic E-state index is 0.117. The second kappa shape index (κ2) is 4.77.